The number of pyridine rings is 1. The maximum atomic E-state index is 13.2. The lowest BCUT2D eigenvalue weighted by Crippen LogP contribution is -2.54. The van der Waals surface area contributed by atoms with Crippen molar-refractivity contribution in [3.63, 3.8) is 0 Å². The molecule has 3 aliphatic rings. The number of anilines is 2. The molecule has 5 heterocycles. The first-order valence-electron chi connectivity index (χ1n) is 14.1. The monoisotopic (exact) mass is 576 g/mol. The molecule has 2 aromatic heterocycles. The Labute approximate surface area is 246 Å². The standard InChI is InChI=1S/C31H28N8O4/c1-18(23-6-4-5-13-32-23)35-36-31-33-24-7-2-3-8-25(24)38(31)17-19-15-37(16-19)20-9-10-21-22(14-20)30(43)39(29(21)42)26-11-12-27(40)34-28(26)41/h2-10,13-14,19,26H,11-12,15-17H2,1H3,(H,33,36)(H,34,40,41)/b35-18+. The summed E-state index contributed by atoms with van der Waals surface area (Å²) in [6, 6.07) is 17.9. The van der Waals surface area contributed by atoms with Gasteiger partial charge in [0.15, 0.2) is 0 Å². The number of fused-ring (bicyclic) bond motifs is 2. The quantitative estimate of drug-likeness (QED) is 0.194. The molecule has 0 aliphatic carbocycles. The van der Waals surface area contributed by atoms with Gasteiger partial charge in [0.1, 0.15) is 6.04 Å². The van der Waals surface area contributed by atoms with Gasteiger partial charge in [0.25, 0.3) is 11.8 Å². The Morgan fingerprint density at radius 2 is 1.79 bits per heavy atom. The summed E-state index contributed by atoms with van der Waals surface area (Å²) in [5.41, 5.74) is 7.93. The Balaban J connectivity index is 1.06. The molecule has 43 heavy (non-hydrogen) atoms. The molecule has 0 radical (unpaired) electrons. The second kappa shape index (κ2) is 10.5. The molecule has 7 rings (SSSR count). The van der Waals surface area contributed by atoms with Crippen LogP contribution in [0.3, 0.4) is 0 Å². The predicted octanol–water partition coefficient (Wildman–Crippen LogP) is 2.81. The second-order valence-electron chi connectivity index (χ2n) is 11.0. The van der Waals surface area contributed by atoms with Crippen molar-refractivity contribution >= 4 is 52.0 Å². The van der Waals surface area contributed by atoms with Crippen LogP contribution in [0.4, 0.5) is 11.6 Å². The van der Waals surface area contributed by atoms with Gasteiger partial charge in [-0.25, -0.2) is 10.4 Å². The Kier molecular flexibility index (Phi) is 6.45. The number of carbonyl (C=O) groups excluding carboxylic acids is 4. The molecule has 1 unspecified atom stereocenters. The number of imidazole rings is 1. The van der Waals surface area contributed by atoms with E-state index in [1.165, 1.54) is 0 Å². The van der Waals surface area contributed by atoms with Crippen molar-refractivity contribution in [3.8, 4) is 0 Å². The number of benzene rings is 2. The van der Waals surface area contributed by atoms with Crippen molar-refractivity contribution in [2.24, 2.45) is 11.0 Å². The summed E-state index contributed by atoms with van der Waals surface area (Å²) in [6.07, 6.45) is 1.95. The van der Waals surface area contributed by atoms with Gasteiger partial charge in [-0.15, -0.1) is 0 Å². The molecule has 12 heteroatoms. The minimum Gasteiger partial charge on any atom is -0.371 e. The number of para-hydroxylation sites is 2. The zero-order valence-corrected chi connectivity index (χ0v) is 23.4. The molecule has 1 atom stereocenters. The molecule has 3 aliphatic heterocycles. The summed E-state index contributed by atoms with van der Waals surface area (Å²) in [7, 11) is 0. The van der Waals surface area contributed by atoms with E-state index in [-0.39, 0.29) is 24.0 Å². The molecule has 2 aromatic carbocycles. The number of nitrogens with one attached hydrogen (secondary N) is 2. The largest absolute Gasteiger partial charge is 0.371 e. The Hall–Kier alpha value is -5.39. The molecule has 12 nitrogen and oxygen atoms in total. The van der Waals surface area contributed by atoms with Crippen molar-refractivity contribution < 1.29 is 19.2 Å². The van der Waals surface area contributed by atoms with Crippen LogP contribution in [0.1, 0.15) is 46.2 Å². The molecule has 4 amide bonds. The number of hydrogen-bond donors (Lipinski definition) is 2. The number of aromatic nitrogens is 3. The SMILES string of the molecule is C/C(=N\Nc1nc2ccccc2n1CC1CN(c2ccc3c(c2)C(=O)N(C2CCC(=O)NC2=O)C3=O)C1)c1ccccn1. The maximum Gasteiger partial charge on any atom is 0.262 e. The topological polar surface area (TPSA) is 142 Å². The van der Waals surface area contributed by atoms with Crippen LogP contribution in [0.25, 0.3) is 11.0 Å². The summed E-state index contributed by atoms with van der Waals surface area (Å²) < 4.78 is 2.13. The van der Waals surface area contributed by atoms with E-state index in [1.807, 2.05) is 55.5 Å². The van der Waals surface area contributed by atoms with Crippen LogP contribution in [0.2, 0.25) is 0 Å². The number of rotatable bonds is 7. The highest BCUT2D eigenvalue weighted by atomic mass is 16.2. The minimum atomic E-state index is -0.980. The van der Waals surface area contributed by atoms with E-state index < -0.39 is 29.7 Å². The normalized spacial score (nSPS) is 19.1. The lowest BCUT2D eigenvalue weighted by atomic mass is 9.97. The number of hydrazone groups is 1. The average Bonchev–Trinajstić information content (AvgIpc) is 3.47. The highest BCUT2D eigenvalue weighted by molar-refractivity contribution is 6.23. The molecular formula is C31H28N8O4. The van der Waals surface area contributed by atoms with Crippen LogP contribution in [0.15, 0.2) is 72.0 Å². The Morgan fingerprint density at radius 1 is 1.00 bits per heavy atom. The minimum absolute atomic E-state index is 0.0872. The molecule has 0 bridgehead atoms. The van der Waals surface area contributed by atoms with Gasteiger partial charge in [-0.2, -0.15) is 5.10 Å². The number of carbonyl (C=O) groups is 4. The molecule has 4 aromatic rings. The summed E-state index contributed by atoms with van der Waals surface area (Å²) in [5.74, 6) is -1.07. The maximum absolute atomic E-state index is 13.2. The van der Waals surface area contributed by atoms with Gasteiger partial charge in [0.2, 0.25) is 17.8 Å². The lowest BCUT2D eigenvalue weighted by molar-refractivity contribution is -0.136. The first kappa shape index (κ1) is 26.5. The van der Waals surface area contributed by atoms with E-state index in [2.05, 4.69) is 30.3 Å². The number of hydrogen-bond acceptors (Lipinski definition) is 9. The van der Waals surface area contributed by atoms with Crippen LogP contribution in [-0.4, -0.2) is 67.9 Å². The van der Waals surface area contributed by atoms with E-state index in [4.69, 9.17) is 4.98 Å². The first-order chi connectivity index (χ1) is 20.9. The van der Waals surface area contributed by atoms with Gasteiger partial charge in [0.05, 0.1) is 33.6 Å². The highest BCUT2D eigenvalue weighted by Crippen LogP contribution is 2.34. The van der Waals surface area contributed by atoms with Gasteiger partial charge < -0.3 is 9.47 Å². The summed E-state index contributed by atoms with van der Waals surface area (Å²) in [5, 5.41) is 6.76. The fraction of sp³-hybridized carbons (Fsp3) is 0.258. The molecule has 0 saturated carbocycles. The summed E-state index contributed by atoms with van der Waals surface area (Å²) >= 11 is 0. The van der Waals surface area contributed by atoms with Crippen molar-refractivity contribution in [1.82, 2.24) is 24.8 Å². The second-order valence-corrected chi connectivity index (χ2v) is 11.0. The fourth-order valence-electron chi connectivity index (χ4n) is 5.92. The summed E-state index contributed by atoms with van der Waals surface area (Å²) in [6.45, 7) is 4.11. The van der Waals surface area contributed by atoms with Crippen LogP contribution in [0.5, 0.6) is 0 Å². The number of nitrogens with zero attached hydrogens (tertiary/aromatic N) is 6. The molecule has 0 spiro atoms. The molecule has 2 saturated heterocycles. The summed E-state index contributed by atoms with van der Waals surface area (Å²) in [4.78, 5) is 62.5. The zero-order chi connectivity index (χ0) is 29.7. The fourth-order valence-corrected chi connectivity index (χ4v) is 5.92. The number of piperidine rings is 1. The number of amides is 4. The first-order valence-corrected chi connectivity index (χ1v) is 14.1. The molecule has 216 valence electrons. The third-order valence-corrected chi connectivity index (χ3v) is 8.20. The van der Waals surface area contributed by atoms with Gasteiger partial charge >= 0.3 is 0 Å². The predicted molar refractivity (Wildman–Crippen MR) is 159 cm³/mol. The molecule has 2 N–H and O–H groups in total. The van der Waals surface area contributed by atoms with Gasteiger partial charge in [-0.05, 0) is 55.8 Å². The van der Waals surface area contributed by atoms with Crippen molar-refractivity contribution in [2.45, 2.75) is 32.4 Å². The smallest absolute Gasteiger partial charge is 0.262 e. The van der Waals surface area contributed by atoms with E-state index in [9.17, 15) is 19.2 Å². The van der Waals surface area contributed by atoms with E-state index in [0.717, 1.165) is 46.1 Å². The van der Waals surface area contributed by atoms with Crippen molar-refractivity contribution in [2.75, 3.05) is 23.4 Å². The molecular weight excluding hydrogens is 548 g/mol. The average molecular weight is 577 g/mol. The van der Waals surface area contributed by atoms with E-state index in [0.29, 0.717) is 18.4 Å². The van der Waals surface area contributed by atoms with Crippen LogP contribution in [0, 0.1) is 5.92 Å². The third-order valence-electron chi connectivity index (χ3n) is 8.20. The van der Waals surface area contributed by atoms with Crippen LogP contribution >= 0.6 is 0 Å². The van der Waals surface area contributed by atoms with Gasteiger partial charge in [-0.3, -0.25) is 34.4 Å². The van der Waals surface area contributed by atoms with Crippen LogP contribution < -0.4 is 15.6 Å². The zero-order valence-electron chi connectivity index (χ0n) is 23.4. The third kappa shape index (κ3) is 4.70. The lowest BCUT2D eigenvalue weighted by Gasteiger charge is -2.41. The van der Waals surface area contributed by atoms with E-state index >= 15 is 0 Å². The highest BCUT2D eigenvalue weighted by Gasteiger charge is 2.45. The molecule has 2 fully saturated rings. The Morgan fingerprint density at radius 3 is 2.58 bits per heavy atom. The van der Waals surface area contributed by atoms with E-state index in [1.54, 1.807) is 18.3 Å². The van der Waals surface area contributed by atoms with Crippen LogP contribution in [-0.2, 0) is 16.1 Å². The van der Waals surface area contributed by atoms with Gasteiger partial charge in [0, 0.05) is 43.9 Å². The van der Waals surface area contributed by atoms with Crippen molar-refractivity contribution in [3.05, 3.63) is 83.7 Å². The Bertz CT molecular complexity index is 1830. The number of imide groups is 2. The van der Waals surface area contributed by atoms with Gasteiger partial charge in [-0.1, -0.05) is 18.2 Å². The van der Waals surface area contributed by atoms with Crippen molar-refractivity contribution in [1.29, 1.82) is 0 Å².